The molecule has 0 radical (unpaired) electrons. The normalized spacial score (nSPS) is 22.8. The Labute approximate surface area is 181 Å². The lowest BCUT2D eigenvalue weighted by Gasteiger charge is -2.32. The van der Waals surface area contributed by atoms with E-state index in [9.17, 15) is 22.8 Å². The molecule has 0 N–H and O–H groups in total. The minimum absolute atomic E-state index is 0.0808. The van der Waals surface area contributed by atoms with Gasteiger partial charge in [-0.2, -0.15) is 0 Å². The number of piperidine rings is 1. The van der Waals surface area contributed by atoms with Gasteiger partial charge < -0.3 is 9.64 Å². The zero-order chi connectivity index (χ0) is 22.3. The van der Waals surface area contributed by atoms with Crippen LogP contribution in [-0.2, 0) is 24.3 Å². The lowest BCUT2D eigenvalue weighted by molar-refractivity contribution is -0.149. The fourth-order valence-corrected chi connectivity index (χ4v) is 6.15. The van der Waals surface area contributed by atoms with Crippen molar-refractivity contribution < 1.29 is 27.5 Å². The first kappa shape index (κ1) is 22.6. The average molecular weight is 457 g/mol. The molecule has 2 amide bonds. The number of hydrogen-bond donors (Lipinski definition) is 0. The molecule has 3 rings (SSSR count). The van der Waals surface area contributed by atoms with Gasteiger partial charge in [0.2, 0.25) is 15.9 Å². The number of rotatable bonds is 4. The number of amides is 2. The topological polar surface area (TPSA) is 101 Å². The van der Waals surface area contributed by atoms with Crippen molar-refractivity contribution in [2.24, 2.45) is 11.3 Å². The van der Waals surface area contributed by atoms with Crippen molar-refractivity contribution in [1.82, 2.24) is 4.90 Å². The van der Waals surface area contributed by atoms with Gasteiger partial charge in [-0.05, 0) is 51.8 Å². The second-order valence-corrected chi connectivity index (χ2v) is 10.4. The van der Waals surface area contributed by atoms with Gasteiger partial charge >= 0.3 is 5.97 Å². The number of esters is 1. The van der Waals surface area contributed by atoms with Crippen molar-refractivity contribution in [3.05, 3.63) is 28.8 Å². The Bertz CT molecular complexity index is 991. The van der Waals surface area contributed by atoms with Gasteiger partial charge in [-0.25, -0.2) is 12.7 Å². The summed E-state index contributed by atoms with van der Waals surface area (Å²) in [5.41, 5.74) is -0.883. The molecule has 2 aliphatic heterocycles. The van der Waals surface area contributed by atoms with E-state index in [1.807, 2.05) is 0 Å². The van der Waals surface area contributed by atoms with Crippen molar-refractivity contribution in [2.45, 2.75) is 33.6 Å². The molecule has 164 valence electrons. The summed E-state index contributed by atoms with van der Waals surface area (Å²) in [6, 6.07) is 4.15. The first-order chi connectivity index (χ1) is 14.0. The van der Waals surface area contributed by atoms with E-state index in [-0.39, 0.29) is 41.1 Å². The third-order valence-electron chi connectivity index (χ3n) is 5.33. The first-order valence-corrected chi connectivity index (χ1v) is 11.8. The van der Waals surface area contributed by atoms with Crippen molar-refractivity contribution in [2.75, 3.05) is 29.8 Å². The number of likely N-dealkylation sites (tertiary alicyclic amines) is 1. The Morgan fingerprint density at radius 3 is 2.60 bits per heavy atom. The number of hydrogen-bond acceptors (Lipinski definition) is 6. The molecule has 0 unspecified atom stereocenters. The van der Waals surface area contributed by atoms with Crippen LogP contribution >= 0.6 is 11.6 Å². The minimum atomic E-state index is -3.85. The molecule has 1 atom stereocenters. The summed E-state index contributed by atoms with van der Waals surface area (Å²) in [4.78, 5) is 39.4. The minimum Gasteiger partial charge on any atom is -0.466 e. The van der Waals surface area contributed by atoms with E-state index in [0.717, 1.165) is 4.31 Å². The number of ether oxygens (including phenoxy) is 1. The molecule has 0 aliphatic carbocycles. The van der Waals surface area contributed by atoms with Gasteiger partial charge in [0, 0.05) is 13.1 Å². The van der Waals surface area contributed by atoms with Crippen LogP contribution in [0.4, 0.5) is 5.69 Å². The van der Waals surface area contributed by atoms with Gasteiger partial charge in [0.25, 0.3) is 5.91 Å². The van der Waals surface area contributed by atoms with Gasteiger partial charge in [-0.3, -0.25) is 14.4 Å². The number of carbonyl (C=O) groups is 3. The largest absolute Gasteiger partial charge is 0.466 e. The molecule has 2 saturated heterocycles. The Morgan fingerprint density at radius 1 is 1.30 bits per heavy atom. The van der Waals surface area contributed by atoms with Gasteiger partial charge in [0.05, 0.1) is 40.0 Å². The maximum absolute atomic E-state index is 13.1. The number of benzene rings is 1. The summed E-state index contributed by atoms with van der Waals surface area (Å²) in [6.07, 6.45) is 1.27. The summed E-state index contributed by atoms with van der Waals surface area (Å²) >= 11 is 6.24. The summed E-state index contributed by atoms with van der Waals surface area (Å²) < 4.78 is 30.9. The zero-order valence-corrected chi connectivity index (χ0v) is 18.8. The van der Waals surface area contributed by atoms with E-state index in [4.69, 9.17) is 16.3 Å². The van der Waals surface area contributed by atoms with E-state index in [2.05, 4.69) is 0 Å². The first-order valence-electron chi connectivity index (χ1n) is 9.81. The zero-order valence-electron chi connectivity index (χ0n) is 17.2. The number of halogens is 1. The Balaban J connectivity index is 1.90. The monoisotopic (exact) mass is 456 g/mol. The summed E-state index contributed by atoms with van der Waals surface area (Å²) in [5.74, 6) is -2.03. The molecule has 10 heteroatoms. The second-order valence-electron chi connectivity index (χ2n) is 8.22. The molecule has 1 aromatic carbocycles. The highest BCUT2D eigenvalue weighted by Gasteiger charge is 2.50. The third kappa shape index (κ3) is 4.18. The predicted molar refractivity (Wildman–Crippen MR) is 112 cm³/mol. The van der Waals surface area contributed by atoms with Crippen LogP contribution < -0.4 is 4.31 Å². The van der Waals surface area contributed by atoms with E-state index in [1.165, 1.54) is 23.1 Å². The van der Waals surface area contributed by atoms with Gasteiger partial charge in [0.1, 0.15) is 0 Å². The third-order valence-corrected chi connectivity index (χ3v) is 7.68. The quantitative estimate of drug-likeness (QED) is 0.645. The Morgan fingerprint density at radius 2 is 2.00 bits per heavy atom. The summed E-state index contributed by atoms with van der Waals surface area (Å²) in [6.45, 7) is 5.78. The highest BCUT2D eigenvalue weighted by atomic mass is 35.5. The van der Waals surface area contributed by atoms with Crippen LogP contribution in [0.15, 0.2) is 18.2 Å². The molecule has 2 fully saturated rings. The molecular weight excluding hydrogens is 432 g/mol. The van der Waals surface area contributed by atoms with Crippen LogP contribution in [0, 0.1) is 11.3 Å². The van der Waals surface area contributed by atoms with E-state index >= 15 is 0 Å². The van der Waals surface area contributed by atoms with Gasteiger partial charge in [-0.15, -0.1) is 0 Å². The van der Waals surface area contributed by atoms with Crippen LogP contribution in [0.25, 0.3) is 0 Å². The van der Waals surface area contributed by atoms with Crippen LogP contribution in [0.2, 0.25) is 5.02 Å². The molecule has 1 aromatic rings. The Hall–Kier alpha value is -2.13. The highest BCUT2D eigenvalue weighted by molar-refractivity contribution is 7.94. The van der Waals surface area contributed by atoms with E-state index in [1.54, 1.807) is 20.8 Å². The van der Waals surface area contributed by atoms with Crippen molar-refractivity contribution in [3.8, 4) is 0 Å². The number of sulfonamides is 1. The maximum atomic E-state index is 13.1. The molecule has 2 heterocycles. The van der Waals surface area contributed by atoms with Crippen LogP contribution in [0.3, 0.4) is 0 Å². The lowest BCUT2D eigenvalue weighted by atomic mass is 9.95. The van der Waals surface area contributed by atoms with E-state index in [0.29, 0.717) is 19.4 Å². The number of nitrogens with zero attached hydrogens (tertiary/aromatic N) is 2. The van der Waals surface area contributed by atoms with E-state index < -0.39 is 33.2 Å². The molecule has 0 saturated carbocycles. The van der Waals surface area contributed by atoms with Crippen LogP contribution in [-0.4, -0.2) is 56.6 Å². The van der Waals surface area contributed by atoms with Gasteiger partial charge in [0.15, 0.2) is 0 Å². The van der Waals surface area contributed by atoms with Gasteiger partial charge in [-0.1, -0.05) is 11.6 Å². The molecule has 30 heavy (non-hydrogen) atoms. The highest BCUT2D eigenvalue weighted by Crippen LogP contribution is 2.37. The molecule has 0 bridgehead atoms. The molecular formula is C20H25ClN2O6S. The maximum Gasteiger partial charge on any atom is 0.310 e. The van der Waals surface area contributed by atoms with Crippen molar-refractivity contribution >= 4 is 45.1 Å². The van der Waals surface area contributed by atoms with Crippen molar-refractivity contribution in [1.29, 1.82) is 0 Å². The molecule has 8 nitrogen and oxygen atoms in total. The molecule has 0 aromatic heterocycles. The Kier molecular flexibility index (Phi) is 6.15. The fraction of sp³-hybridized carbons (Fsp3) is 0.550. The standard InChI is InChI=1S/C20H25ClN2O6S/c1-4-29-18(25)13-6-5-9-22(11-13)17(24)15-10-14(7-8-16(15)21)23-19(26)20(2,3)12-30(23,27)28/h7-8,10,13H,4-6,9,11-12H2,1-3H3/t13-/m0/s1. The summed E-state index contributed by atoms with van der Waals surface area (Å²) in [7, 11) is -3.85. The van der Waals surface area contributed by atoms with Crippen LogP contribution in [0.1, 0.15) is 44.0 Å². The average Bonchev–Trinajstić information content (AvgIpc) is 2.84. The predicted octanol–water partition coefficient (Wildman–Crippen LogP) is 2.46. The number of carbonyl (C=O) groups excluding carboxylic acids is 3. The SMILES string of the molecule is CCOC(=O)[C@H]1CCCN(C(=O)c2cc(N3C(=O)C(C)(C)CS3(=O)=O)ccc2Cl)C1. The van der Waals surface area contributed by atoms with Crippen LogP contribution in [0.5, 0.6) is 0 Å². The second kappa shape index (κ2) is 8.19. The number of anilines is 1. The smallest absolute Gasteiger partial charge is 0.310 e. The molecule has 0 spiro atoms. The fourth-order valence-electron chi connectivity index (χ4n) is 3.85. The lowest BCUT2D eigenvalue weighted by Crippen LogP contribution is -2.43. The molecule has 2 aliphatic rings. The summed E-state index contributed by atoms with van der Waals surface area (Å²) in [5, 5.41) is 0.144. The van der Waals surface area contributed by atoms with Crippen molar-refractivity contribution in [3.63, 3.8) is 0 Å².